The Labute approximate surface area is 113 Å². The summed E-state index contributed by atoms with van der Waals surface area (Å²) in [5, 5.41) is 9.24. The maximum Gasteiger partial charge on any atom is 0.231 e. The maximum atomic E-state index is 9.24. The third kappa shape index (κ3) is 3.01. The van der Waals surface area contributed by atoms with Gasteiger partial charge in [-0.1, -0.05) is 6.07 Å². The SMILES string of the molecule is OCC1CCCN(CCc2ccc3c(c2)OCO3)C1. The first-order chi connectivity index (χ1) is 9.35. The van der Waals surface area contributed by atoms with Crippen LogP contribution in [0.3, 0.4) is 0 Å². The van der Waals surface area contributed by atoms with Gasteiger partial charge in [0.05, 0.1) is 0 Å². The average molecular weight is 263 g/mol. The molecule has 2 aliphatic rings. The van der Waals surface area contributed by atoms with E-state index >= 15 is 0 Å². The van der Waals surface area contributed by atoms with Crippen LogP contribution in [0.1, 0.15) is 18.4 Å². The predicted octanol–water partition coefficient (Wildman–Crippen LogP) is 1.66. The van der Waals surface area contributed by atoms with Crippen LogP contribution in [-0.2, 0) is 6.42 Å². The molecule has 0 aromatic heterocycles. The number of nitrogens with zero attached hydrogens (tertiary/aromatic N) is 1. The number of likely N-dealkylation sites (tertiary alicyclic amines) is 1. The van der Waals surface area contributed by atoms with Crippen LogP contribution < -0.4 is 9.47 Å². The van der Waals surface area contributed by atoms with Gasteiger partial charge < -0.3 is 19.5 Å². The monoisotopic (exact) mass is 263 g/mol. The highest BCUT2D eigenvalue weighted by molar-refractivity contribution is 5.44. The molecule has 0 aliphatic carbocycles. The molecule has 0 amide bonds. The van der Waals surface area contributed by atoms with E-state index in [0.717, 1.165) is 44.0 Å². The molecular weight excluding hydrogens is 242 g/mol. The summed E-state index contributed by atoms with van der Waals surface area (Å²) < 4.78 is 10.7. The molecule has 104 valence electrons. The van der Waals surface area contributed by atoms with Crippen LogP contribution in [0.25, 0.3) is 0 Å². The lowest BCUT2D eigenvalue weighted by Gasteiger charge is -2.31. The normalized spacial score (nSPS) is 22.7. The molecule has 1 fully saturated rings. The molecule has 1 unspecified atom stereocenters. The van der Waals surface area contributed by atoms with Crippen LogP contribution in [0.2, 0.25) is 0 Å². The molecular formula is C15H21NO3. The molecule has 1 N–H and O–H groups in total. The van der Waals surface area contributed by atoms with E-state index in [1.165, 1.54) is 12.0 Å². The van der Waals surface area contributed by atoms with Crippen molar-refractivity contribution >= 4 is 0 Å². The highest BCUT2D eigenvalue weighted by Crippen LogP contribution is 2.32. The van der Waals surface area contributed by atoms with Gasteiger partial charge in [0.2, 0.25) is 6.79 Å². The third-order valence-electron chi connectivity index (χ3n) is 4.01. The Morgan fingerprint density at radius 1 is 1.26 bits per heavy atom. The van der Waals surface area contributed by atoms with Crippen molar-refractivity contribution in [3.8, 4) is 11.5 Å². The van der Waals surface area contributed by atoms with Crippen LogP contribution in [-0.4, -0.2) is 43.0 Å². The molecule has 1 aromatic carbocycles. The van der Waals surface area contributed by atoms with Gasteiger partial charge in [-0.25, -0.2) is 0 Å². The molecule has 0 spiro atoms. The quantitative estimate of drug-likeness (QED) is 0.897. The van der Waals surface area contributed by atoms with Crippen LogP contribution in [0.4, 0.5) is 0 Å². The van der Waals surface area contributed by atoms with Gasteiger partial charge >= 0.3 is 0 Å². The van der Waals surface area contributed by atoms with Gasteiger partial charge in [0.25, 0.3) is 0 Å². The zero-order valence-electron chi connectivity index (χ0n) is 11.2. The first-order valence-corrected chi connectivity index (χ1v) is 7.07. The number of aliphatic hydroxyl groups is 1. The fourth-order valence-electron chi connectivity index (χ4n) is 2.89. The Morgan fingerprint density at radius 3 is 3.05 bits per heavy atom. The summed E-state index contributed by atoms with van der Waals surface area (Å²) in [6.45, 7) is 3.89. The molecule has 4 nitrogen and oxygen atoms in total. The number of aliphatic hydroxyl groups excluding tert-OH is 1. The fraction of sp³-hybridized carbons (Fsp3) is 0.600. The molecule has 19 heavy (non-hydrogen) atoms. The van der Waals surface area contributed by atoms with Crippen LogP contribution in [0.15, 0.2) is 18.2 Å². The Hall–Kier alpha value is -1.26. The van der Waals surface area contributed by atoms with E-state index in [2.05, 4.69) is 17.0 Å². The van der Waals surface area contributed by atoms with Crippen molar-refractivity contribution in [2.75, 3.05) is 33.0 Å². The smallest absolute Gasteiger partial charge is 0.231 e. The first-order valence-electron chi connectivity index (χ1n) is 7.07. The van der Waals surface area contributed by atoms with Gasteiger partial charge in [-0.2, -0.15) is 0 Å². The zero-order chi connectivity index (χ0) is 13.1. The van der Waals surface area contributed by atoms with E-state index in [1.54, 1.807) is 0 Å². The lowest BCUT2D eigenvalue weighted by molar-refractivity contribution is 0.121. The molecule has 0 radical (unpaired) electrons. The second-order valence-corrected chi connectivity index (χ2v) is 5.43. The minimum atomic E-state index is 0.320. The second kappa shape index (κ2) is 5.80. The fourth-order valence-corrected chi connectivity index (χ4v) is 2.89. The van der Waals surface area contributed by atoms with E-state index in [4.69, 9.17) is 9.47 Å². The minimum absolute atomic E-state index is 0.320. The highest BCUT2D eigenvalue weighted by Gasteiger charge is 2.19. The molecule has 0 bridgehead atoms. The van der Waals surface area contributed by atoms with Crippen molar-refractivity contribution in [3.05, 3.63) is 23.8 Å². The van der Waals surface area contributed by atoms with Crippen molar-refractivity contribution in [3.63, 3.8) is 0 Å². The van der Waals surface area contributed by atoms with Crippen LogP contribution >= 0.6 is 0 Å². The summed E-state index contributed by atoms with van der Waals surface area (Å²) in [6, 6.07) is 6.18. The number of rotatable bonds is 4. The van der Waals surface area contributed by atoms with Crippen molar-refractivity contribution in [2.45, 2.75) is 19.3 Å². The van der Waals surface area contributed by atoms with Gasteiger partial charge in [-0.3, -0.25) is 0 Å². The van der Waals surface area contributed by atoms with Gasteiger partial charge in [0.1, 0.15) is 0 Å². The Kier molecular flexibility index (Phi) is 3.89. The van der Waals surface area contributed by atoms with Gasteiger partial charge in [0, 0.05) is 19.7 Å². The topological polar surface area (TPSA) is 41.9 Å². The summed E-state index contributed by atoms with van der Waals surface area (Å²) in [7, 11) is 0. The first kappa shape index (κ1) is 12.8. The predicted molar refractivity (Wildman–Crippen MR) is 72.5 cm³/mol. The minimum Gasteiger partial charge on any atom is -0.454 e. The summed E-state index contributed by atoms with van der Waals surface area (Å²) in [6.07, 6.45) is 3.39. The second-order valence-electron chi connectivity index (χ2n) is 5.43. The number of benzene rings is 1. The lowest BCUT2D eigenvalue weighted by Crippen LogP contribution is -2.37. The molecule has 0 saturated carbocycles. The van der Waals surface area contributed by atoms with Gasteiger partial charge in [-0.15, -0.1) is 0 Å². The Balaban J connectivity index is 1.54. The summed E-state index contributed by atoms with van der Waals surface area (Å²) in [4.78, 5) is 2.45. The number of piperidine rings is 1. The van der Waals surface area contributed by atoms with E-state index in [0.29, 0.717) is 19.3 Å². The number of hydrogen-bond acceptors (Lipinski definition) is 4. The number of ether oxygens (including phenoxy) is 2. The van der Waals surface area contributed by atoms with Crippen molar-refractivity contribution in [1.82, 2.24) is 4.90 Å². The highest BCUT2D eigenvalue weighted by atomic mass is 16.7. The zero-order valence-corrected chi connectivity index (χ0v) is 11.2. The van der Waals surface area contributed by atoms with Crippen molar-refractivity contribution < 1.29 is 14.6 Å². The maximum absolute atomic E-state index is 9.24. The summed E-state index contributed by atoms with van der Waals surface area (Å²) >= 11 is 0. The van der Waals surface area contributed by atoms with E-state index in [9.17, 15) is 5.11 Å². The van der Waals surface area contributed by atoms with Crippen molar-refractivity contribution in [1.29, 1.82) is 0 Å². The van der Waals surface area contributed by atoms with Crippen LogP contribution in [0, 0.1) is 5.92 Å². The Bertz CT molecular complexity index is 435. The standard InChI is InChI=1S/C15H21NO3/c17-10-13-2-1-6-16(9-13)7-5-12-3-4-14-15(8-12)19-11-18-14/h3-4,8,13,17H,1-2,5-7,9-11H2. The summed E-state index contributed by atoms with van der Waals surface area (Å²) in [5.41, 5.74) is 1.29. The van der Waals surface area contributed by atoms with Gasteiger partial charge in [-0.05, 0) is 49.4 Å². The average Bonchev–Trinajstić information content (AvgIpc) is 2.93. The van der Waals surface area contributed by atoms with Crippen LogP contribution in [0.5, 0.6) is 11.5 Å². The molecule has 3 rings (SSSR count). The van der Waals surface area contributed by atoms with Gasteiger partial charge in [0.15, 0.2) is 11.5 Å². The molecule has 2 aliphatic heterocycles. The molecule has 4 heteroatoms. The van der Waals surface area contributed by atoms with E-state index in [1.807, 2.05) is 6.07 Å². The molecule has 2 heterocycles. The Morgan fingerprint density at radius 2 is 2.16 bits per heavy atom. The number of hydrogen-bond donors (Lipinski definition) is 1. The largest absolute Gasteiger partial charge is 0.454 e. The summed E-state index contributed by atoms with van der Waals surface area (Å²) in [5.74, 6) is 2.18. The third-order valence-corrected chi connectivity index (χ3v) is 4.01. The molecule has 1 aromatic rings. The van der Waals surface area contributed by atoms with E-state index in [-0.39, 0.29) is 0 Å². The van der Waals surface area contributed by atoms with Crippen molar-refractivity contribution in [2.24, 2.45) is 5.92 Å². The molecule has 1 atom stereocenters. The van der Waals surface area contributed by atoms with E-state index < -0.39 is 0 Å². The number of fused-ring (bicyclic) bond motifs is 1. The molecule has 1 saturated heterocycles. The lowest BCUT2D eigenvalue weighted by atomic mass is 9.98.